The van der Waals surface area contributed by atoms with Crippen molar-refractivity contribution in [3.8, 4) is 11.5 Å². The molecular formula is C20H15Cl2NO2. The molecule has 3 aromatic rings. The van der Waals surface area contributed by atoms with Crippen LogP contribution < -0.4 is 10.1 Å². The van der Waals surface area contributed by atoms with Gasteiger partial charge in [0.05, 0.1) is 0 Å². The van der Waals surface area contributed by atoms with Gasteiger partial charge in [0, 0.05) is 27.7 Å². The second kappa shape index (κ2) is 8.06. The van der Waals surface area contributed by atoms with Gasteiger partial charge in [0.1, 0.15) is 11.5 Å². The molecule has 3 aromatic carbocycles. The van der Waals surface area contributed by atoms with Gasteiger partial charge in [-0.2, -0.15) is 0 Å². The molecule has 5 heteroatoms. The van der Waals surface area contributed by atoms with Gasteiger partial charge in [-0.25, -0.2) is 0 Å². The number of hydrogen-bond acceptors (Lipinski definition) is 2. The van der Waals surface area contributed by atoms with Crippen molar-refractivity contribution in [3.63, 3.8) is 0 Å². The number of hydrogen-bond donors (Lipinski definition) is 1. The number of benzene rings is 3. The number of rotatable bonds is 5. The summed E-state index contributed by atoms with van der Waals surface area (Å²) in [5.74, 6) is 1.10. The van der Waals surface area contributed by atoms with Gasteiger partial charge in [-0.15, -0.1) is 0 Å². The Morgan fingerprint density at radius 2 is 1.60 bits per heavy atom. The van der Waals surface area contributed by atoms with Crippen LogP contribution in [0.3, 0.4) is 0 Å². The number of amides is 1. The van der Waals surface area contributed by atoms with Gasteiger partial charge >= 0.3 is 0 Å². The number of carbonyl (C=O) groups excluding carboxylic acids is 1. The maximum absolute atomic E-state index is 12.3. The summed E-state index contributed by atoms with van der Waals surface area (Å²) in [6.07, 6.45) is 0. The Bertz CT molecular complexity index is 865. The predicted molar refractivity (Wildman–Crippen MR) is 101 cm³/mol. The maximum atomic E-state index is 12.3. The first kappa shape index (κ1) is 17.3. The largest absolute Gasteiger partial charge is 0.457 e. The van der Waals surface area contributed by atoms with E-state index in [0.29, 0.717) is 27.1 Å². The van der Waals surface area contributed by atoms with Crippen LogP contribution in [-0.4, -0.2) is 5.91 Å². The fraction of sp³-hybridized carbons (Fsp3) is 0.0500. The number of carbonyl (C=O) groups is 1. The van der Waals surface area contributed by atoms with Crippen LogP contribution in [0.25, 0.3) is 0 Å². The molecule has 25 heavy (non-hydrogen) atoms. The van der Waals surface area contributed by atoms with Gasteiger partial charge in [0.2, 0.25) is 0 Å². The number of halogens is 2. The molecule has 0 spiro atoms. The highest BCUT2D eigenvalue weighted by molar-refractivity contribution is 6.31. The Hall–Kier alpha value is -2.49. The summed E-state index contributed by atoms with van der Waals surface area (Å²) in [4.78, 5) is 12.3. The Kier molecular flexibility index (Phi) is 5.59. The van der Waals surface area contributed by atoms with Crippen molar-refractivity contribution in [2.45, 2.75) is 6.54 Å². The van der Waals surface area contributed by atoms with Crippen LogP contribution in [0.2, 0.25) is 10.0 Å². The smallest absolute Gasteiger partial charge is 0.251 e. The van der Waals surface area contributed by atoms with E-state index in [2.05, 4.69) is 5.32 Å². The summed E-state index contributed by atoms with van der Waals surface area (Å²) in [5, 5.41) is 3.97. The summed E-state index contributed by atoms with van der Waals surface area (Å²) in [6.45, 7) is 0.253. The minimum absolute atomic E-state index is 0.206. The Morgan fingerprint density at radius 3 is 2.32 bits per heavy atom. The van der Waals surface area contributed by atoms with Crippen molar-refractivity contribution in [2.24, 2.45) is 0 Å². The molecule has 126 valence electrons. The molecule has 0 unspecified atom stereocenters. The number of ether oxygens (including phenoxy) is 1. The van der Waals surface area contributed by atoms with E-state index < -0.39 is 0 Å². The third-order valence-corrected chi connectivity index (χ3v) is 4.19. The van der Waals surface area contributed by atoms with E-state index in [1.54, 1.807) is 30.3 Å². The minimum atomic E-state index is -0.206. The molecule has 0 heterocycles. The van der Waals surface area contributed by atoms with Crippen molar-refractivity contribution >= 4 is 29.1 Å². The summed E-state index contributed by atoms with van der Waals surface area (Å²) in [7, 11) is 0. The first-order valence-electron chi connectivity index (χ1n) is 7.67. The Balaban J connectivity index is 1.75. The lowest BCUT2D eigenvalue weighted by atomic mass is 10.1. The van der Waals surface area contributed by atoms with Crippen molar-refractivity contribution in [1.82, 2.24) is 5.32 Å². The van der Waals surface area contributed by atoms with E-state index in [9.17, 15) is 4.79 Å². The summed E-state index contributed by atoms with van der Waals surface area (Å²) in [6, 6.07) is 21.5. The summed E-state index contributed by atoms with van der Waals surface area (Å²) >= 11 is 12.1. The van der Waals surface area contributed by atoms with Crippen molar-refractivity contribution in [3.05, 3.63) is 94.0 Å². The molecule has 1 amide bonds. The van der Waals surface area contributed by atoms with Gasteiger partial charge < -0.3 is 10.1 Å². The topological polar surface area (TPSA) is 38.3 Å². The van der Waals surface area contributed by atoms with E-state index in [4.69, 9.17) is 27.9 Å². The Morgan fingerprint density at radius 1 is 0.880 bits per heavy atom. The lowest BCUT2D eigenvalue weighted by Gasteiger charge is -2.13. The molecule has 0 aliphatic carbocycles. The normalized spacial score (nSPS) is 10.3. The van der Waals surface area contributed by atoms with Crippen molar-refractivity contribution in [2.75, 3.05) is 0 Å². The first-order valence-corrected chi connectivity index (χ1v) is 8.43. The highest BCUT2D eigenvalue weighted by atomic mass is 35.5. The molecule has 0 radical (unpaired) electrons. The maximum Gasteiger partial charge on any atom is 0.251 e. The zero-order chi connectivity index (χ0) is 17.6. The molecule has 0 saturated heterocycles. The van der Waals surface area contributed by atoms with Crippen LogP contribution >= 0.6 is 23.2 Å². The summed E-state index contributed by atoms with van der Waals surface area (Å²) in [5.41, 5.74) is 1.25. The van der Waals surface area contributed by atoms with Gasteiger partial charge in [-0.3, -0.25) is 4.79 Å². The van der Waals surface area contributed by atoms with Crippen molar-refractivity contribution < 1.29 is 9.53 Å². The first-order chi connectivity index (χ1) is 12.1. The molecule has 1 N–H and O–H groups in total. The molecule has 0 aromatic heterocycles. The fourth-order valence-corrected chi connectivity index (χ4v) is 2.65. The average Bonchev–Trinajstić information content (AvgIpc) is 2.62. The third-order valence-electron chi connectivity index (χ3n) is 3.58. The molecule has 3 nitrogen and oxygen atoms in total. The molecule has 0 atom stereocenters. The van der Waals surface area contributed by atoms with Gasteiger partial charge in [-0.1, -0.05) is 47.5 Å². The van der Waals surface area contributed by atoms with E-state index in [1.165, 1.54) is 0 Å². The zero-order valence-electron chi connectivity index (χ0n) is 13.2. The van der Waals surface area contributed by atoms with E-state index in [0.717, 1.165) is 5.56 Å². The van der Waals surface area contributed by atoms with Crippen LogP contribution in [0.5, 0.6) is 11.5 Å². The molecular weight excluding hydrogens is 357 g/mol. The molecule has 0 bridgehead atoms. The van der Waals surface area contributed by atoms with Crippen molar-refractivity contribution in [1.29, 1.82) is 0 Å². The molecule has 0 saturated carbocycles. The van der Waals surface area contributed by atoms with Gasteiger partial charge in [-0.05, 0) is 48.5 Å². The quantitative estimate of drug-likeness (QED) is 0.623. The second-order valence-corrected chi connectivity index (χ2v) is 6.16. The molecule has 0 aliphatic rings. The van der Waals surface area contributed by atoms with Crippen LogP contribution in [0.1, 0.15) is 15.9 Å². The second-order valence-electron chi connectivity index (χ2n) is 5.32. The average molecular weight is 372 g/mol. The third kappa shape index (κ3) is 4.53. The number of nitrogens with one attached hydrogen (secondary N) is 1. The fourth-order valence-electron chi connectivity index (χ4n) is 2.29. The van der Waals surface area contributed by atoms with Gasteiger partial charge in [0.25, 0.3) is 5.91 Å². The monoisotopic (exact) mass is 371 g/mol. The van der Waals surface area contributed by atoms with E-state index in [-0.39, 0.29) is 12.5 Å². The van der Waals surface area contributed by atoms with E-state index in [1.807, 2.05) is 42.5 Å². The van der Waals surface area contributed by atoms with Crippen LogP contribution in [-0.2, 0) is 6.54 Å². The lowest BCUT2D eigenvalue weighted by Crippen LogP contribution is -2.23. The number of para-hydroxylation sites is 1. The standard InChI is InChI=1S/C20H15Cl2NO2/c21-15-11-9-14(10-12-15)20(24)23-13-17-18(22)7-4-8-19(17)25-16-5-2-1-3-6-16/h1-12H,13H2,(H,23,24). The van der Waals surface area contributed by atoms with Crippen LogP contribution in [0, 0.1) is 0 Å². The Labute approximate surface area is 156 Å². The molecule has 0 fully saturated rings. The van der Waals surface area contributed by atoms with E-state index >= 15 is 0 Å². The predicted octanol–water partition coefficient (Wildman–Crippen LogP) is 5.72. The highest BCUT2D eigenvalue weighted by Gasteiger charge is 2.12. The van der Waals surface area contributed by atoms with Crippen LogP contribution in [0.4, 0.5) is 0 Å². The van der Waals surface area contributed by atoms with Gasteiger partial charge in [0.15, 0.2) is 0 Å². The highest BCUT2D eigenvalue weighted by Crippen LogP contribution is 2.30. The minimum Gasteiger partial charge on any atom is -0.457 e. The SMILES string of the molecule is O=C(NCc1c(Cl)cccc1Oc1ccccc1)c1ccc(Cl)cc1. The molecule has 0 aliphatic heterocycles. The zero-order valence-corrected chi connectivity index (χ0v) is 14.7. The van der Waals surface area contributed by atoms with Crippen LogP contribution in [0.15, 0.2) is 72.8 Å². The lowest BCUT2D eigenvalue weighted by molar-refractivity contribution is 0.0951. The summed E-state index contributed by atoms with van der Waals surface area (Å²) < 4.78 is 5.89. The molecule has 3 rings (SSSR count).